The van der Waals surface area contributed by atoms with Crippen LogP contribution in [0.25, 0.3) is 0 Å². The SMILES string of the molecule is CN(CC(=O)N1CCC(C(=O)O)CC1)C(=O)Cc1c(F)cccc1F. The number of nitrogens with zero attached hydrogens (tertiary/aromatic N) is 2. The van der Waals surface area contributed by atoms with Gasteiger partial charge in [-0.15, -0.1) is 0 Å². The Labute approximate surface area is 144 Å². The second-order valence-corrected chi connectivity index (χ2v) is 6.12. The first-order chi connectivity index (χ1) is 11.8. The fraction of sp³-hybridized carbons (Fsp3) is 0.471. The molecule has 0 aromatic heterocycles. The van der Waals surface area contributed by atoms with Gasteiger partial charge in [-0.1, -0.05) is 6.07 Å². The maximum absolute atomic E-state index is 13.6. The van der Waals surface area contributed by atoms with E-state index in [4.69, 9.17) is 5.11 Å². The Morgan fingerprint density at radius 1 is 1.20 bits per heavy atom. The lowest BCUT2D eigenvalue weighted by Gasteiger charge is -2.31. The van der Waals surface area contributed by atoms with Crippen LogP contribution in [-0.2, 0) is 20.8 Å². The summed E-state index contributed by atoms with van der Waals surface area (Å²) in [4.78, 5) is 37.9. The van der Waals surface area contributed by atoms with Crippen LogP contribution in [0.2, 0.25) is 0 Å². The molecule has 25 heavy (non-hydrogen) atoms. The predicted octanol–water partition coefficient (Wildman–Crippen LogP) is 1.29. The van der Waals surface area contributed by atoms with Gasteiger partial charge in [0.15, 0.2) is 0 Å². The van der Waals surface area contributed by atoms with E-state index in [2.05, 4.69) is 0 Å². The molecule has 0 bridgehead atoms. The van der Waals surface area contributed by atoms with Gasteiger partial charge in [0.1, 0.15) is 11.6 Å². The third kappa shape index (κ3) is 4.74. The topological polar surface area (TPSA) is 77.9 Å². The van der Waals surface area contributed by atoms with Crippen molar-refractivity contribution in [1.82, 2.24) is 9.80 Å². The Morgan fingerprint density at radius 3 is 2.28 bits per heavy atom. The number of likely N-dealkylation sites (tertiary alicyclic amines) is 1. The number of carbonyl (C=O) groups excluding carboxylic acids is 2. The molecule has 1 aliphatic heterocycles. The summed E-state index contributed by atoms with van der Waals surface area (Å²) in [7, 11) is 1.39. The van der Waals surface area contributed by atoms with Gasteiger partial charge in [0.05, 0.1) is 18.9 Å². The smallest absolute Gasteiger partial charge is 0.306 e. The second kappa shape index (κ2) is 8.04. The van der Waals surface area contributed by atoms with Crippen molar-refractivity contribution in [3.05, 3.63) is 35.4 Å². The molecule has 2 amide bonds. The van der Waals surface area contributed by atoms with Crippen LogP contribution in [0, 0.1) is 17.6 Å². The van der Waals surface area contributed by atoms with Gasteiger partial charge in [0, 0.05) is 25.7 Å². The molecule has 0 unspecified atom stereocenters. The number of likely N-dealkylation sites (N-methyl/N-ethyl adjacent to an activating group) is 1. The number of carboxylic acids is 1. The van der Waals surface area contributed by atoms with Gasteiger partial charge >= 0.3 is 5.97 Å². The third-order valence-corrected chi connectivity index (χ3v) is 4.38. The molecular formula is C17H20F2N2O4. The summed E-state index contributed by atoms with van der Waals surface area (Å²) < 4.78 is 27.2. The molecule has 136 valence electrons. The highest BCUT2D eigenvalue weighted by atomic mass is 19.1. The third-order valence-electron chi connectivity index (χ3n) is 4.38. The summed E-state index contributed by atoms with van der Waals surface area (Å²) >= 11 is 0. The maximum atomic E-state index is 13.6. The molecule has 1 N–H and O–H groups in total. The quantitative estimate of drug-likeness (QED) is 0.864. The summed E-state index contributed by atoms with van der Waals surface area (Å²) in [5.41, 5.74) is -0.325. The van der Waals surface area contributed by atoms with E-state index in [1.54, 1.807) is 0 Å². The van der Waals surface area contributed by atoms with Crippen molar-refractivity contribution in [2.24, 2.45) is 5.92 Å². The van der Waals surface area contributed by atoms with Gasteiger partial charge < -0.3 is 14.9 Å². The second-order valence-electron chi connectivity index (χ2n) is 6.12. The number of carbonyl (C=O) groups is 3. The molecule has 1 aliphatic rings. The molecule has 0 saturated carbocycles. The molecule has 1 aromatic carbocycles. The number of rotatable bonds is 5. The van der Waals surface area contributed by atoms with Gasteiger partial charge in [0.2, 0.25) is 11.8 Å². The fourth-order valence-electron chi connectivity index (χ4n) is 2.75. The van der Waals surface area contributed by atoms with Crippen LogP contribution in [0.1, 0.15) is 18.4 Å². The summed E-state index contributed by atoms with van der Waals surface area (Å²) in [6.07, 6.45) is 0.279. The van der Waals surface area contributed by atoms with Crippen molar-refractivity contribution >= 4 is 17.8 Å². The Balaban J connectivity index is 1.89. The number of benzene rings is 1. The first-order valence-corrected chi connectivity index (χ1v) is 7.97. The zero-order chi connectivity index (χ0) is 18.6. The molecule has 1 heterocycles. The average Bonchev–Trinajstić information content (AvgIpc) is 2.58. The van der Waals surface area contributed by atoms with Crippen LogP contribution < -0.4 is 0 Å². The van der Waals surface area contributed by atoms with E-state index in [9.17, 15) is 23.2 Å². The lowest BCUT2D eigenvalue weighted by atomic mass is 9.97. The monoisotopic (exact) mass is 354 g/mol. The zero-order valence-electron chi connectivity index (χ0n) is 13.9. The standard InChI is InChI=1S/C17H20F2N2O4/c1-20(15(22)9-12-13(18)3-2-4-14(12)19)10-16(23)21-7-5-11(6-8-21)17(24)25/h2-4,11H,5-10H2,1H3,(H,24,25). The van der Waals surface area contributed by atoms with Gasteiger partial charge in [-0.2, -0.15) is 0 Å². The molecule has 0 radical (unpaired) electrons. The van der Waals surface area contributed by atoms with Crippen LogP contribution in [0.3, 0.4) is 0 Å². The predicted molar refractivity (Wildman–Crippen MR) is 84.6 cm³/mol. The summed E-state index contributed by atoms with van der Waals surface area (Å²) in [6, 6.07) is 3.36. The minimum atomic E-state index is -0.869. The molecule has 1 fully saturated rings. The van der Waals surface area contributed by atoms with Crippen molar-refractivity contribution in [2.45, 2.75) is 19.3 Å². The molecule has 0 atom stereocenters. The fourth-order valence-corrected chi connectivity index (χ4v) is 2.75. The highest BCUT2D eigenvalue weighted by molar-refractivity contribution is 5.86. The van der Waals surface area contributed by atoms with Crippen LogP contribution in [0.15, 0.2) is 18.2 Å². The molecule has 8 heteroatoms. The molecule has 0 aliphatic carbocycles. The zero-order valence-corrected chi connectivity index (χ0v) is 13.9. The van der Waals surface area contributed by atoms with Crippen molar-refractivity contribution in [3.63, 3.8) is 0 Å². The van der Waals surface area contributed by atoms with Crippen LogP contribution in [0.4, 0.5) is 8.78 Å². The Bertz CT molecular complexity index is 652. The van der Waals surface area contributed by atoms with Gasteiger partial charge in [-0.3, -0.25) is 14.4 Å². The highest BCUT2D eigenvalue weighted by Gasteiger charge is 2.28. The minimum Gasteiger partial charge on any atom is -0.481 e. The molecule has 1 aromatic rings. The van der Waals surface area contributed by atoms with Gasteiger partial charge in [-0.25, -0.2) is 8.78 Å². The van der Waals surface area contributed by atoms with Crippen molar-refractivity contribution in [1.29, 1.82) is 0 Å². The van der Waals surface area contributed by atoms with Crippen molar-refractivity contribution < 1.29 is 28.3 Å². The number of aliphatic carboxylic acids is 1. The van der Waals surface area contributed by atoms with E-state index in [-0.39, 0.29) is 18.0 Å². The molecule has 0 spiro atoms. The van der Waals surface area contributed by atoms with E-state index in [0.717, 1.165) is 17.0 Å². The lowest BCUT2D eigenvalue weighted by molar-refractivity contribution is -0.146. The highest BCUT2D eigenvalue weighted by Crippen LogP contribution is 2.18. The van der Waals surface area contributed by atoms with Crippen LogP contribution in [-0.4, -0.2) is 59.4 Å². The van der Waals surface area contributed by atoms with E-state index in [1.165, 1.54) is 18.0 Å². The van der Waals surface area contributed by atoms with E-state index >= 15 is 0 Å². The Hall–Kier alpha value is -2.51. The minimum absolute atomic E-state index is 0.216. The largest absolute Gasteiger partial charge is 0.481 e. The molecular weight excluding hydrogens is 334 g/mol. The summed E-state index contributed by atoms with van der Waals surface area (Å²) in [6.45, 7) is 0.423. The number of hydrogen-bond acceptors (Lipinski definition) is 3. The number of carboxylic acid groups (broad SMARTS) is 1. The van der Waals surface area contributed by atoms with Crippen molar-refractivity contribution in [2.75, 3.05) is 26.7 Å². The first-order valence-electron chi connectivity index (χ1n) is 7.97. The number of piperidine rings is 1. The summed E-state index contributed by atoms with van der Waals surface area (Å²) in [5, 5.41) is 8.95. The first kappa shape index (κ1) is 18.8. The normalized spacial score (nSPS) is 15.1. The maximum Gasteiger partial charge on any atom is 0.306 e. The van der Waals surface area contributed by atoms with Crippen LogP contribution >= 0.6 is 0 Å². The van der Waals surface area contributed by atoms with Gasteiger partial charge in [0.25, 0.3) is 0 Å². The average molecular weight is 354 g/mol. The van der Waals surface area contributed by atoms with E-state index in [0.29, 0.717) is 25.9 Å². The molecule has 2 rings (SSSR count). The number of hydrogen-bond donors (Lipinski definition) is 1. The van der Waals surface area contributed by atoms with Crippen molar-refractivity contribution in [3.8, 4) is 0 Å². The number of amides is 2. The van der Waals surface area contributed by atoms with E-state index in [1.807, 2.05) is 0 Å². The Morgan fingerprint density at radius 2 is 1.76 bits per heavy atom. The number of halogens is 2. The van der Waals surface area contributed by atoms with Crippen LogP contribution in [0.5, 0.6) is 0 Å². The lowest BCUT2D eigenvalue weighted by Crippen LogP contribution is -2.45. The van der Waals surface area contributed by atoms with E-state index < -0.39 is 35.8 Å². The van der Waals surface area contributed by atoms with Gasteiger partial charge in [-0.05, 0) is 25.0 Å². The molecule has 6 nitrogen and oxygen atoms in total. The Kier molecular flexibility index (Phi) is 6.06. The summed E-state index contributed by atoms with van der Waals surface area (Å²) in [5.74, 6) is -3.81. The molecule has 1 saturated heterocycles.